The highest BCUT2D eigenvalue weighted by Gasteiger charge is 2.23. The van der Waals surface area contributed by atoms with Crippen LogP contribution in [0.4, 0.5) is 0 Å². The Balaban J connectivity index is 1.85. The van der Waals surface area contributed by atoms with Gasteiger partial charge in [-0.05, 0) is 6.92 Å². The van der Waals surface area contributed by atoms with E-state index in [1.54, 1.807) is 0 Å². The van der Waals surface area contributed by atoms with Crippen LogP contribution in [0.15, 0.2) is 0 Å². The Kier molecular flexibility index (Phi) is 6.60. The minimum absolute atomic E-state index is 0.608. The fourth-order valence-electron chi connectivity index (χ4n) is 1.70. The monoisotopic (exact) mass is 296 g/mol. The van der Waals surface area contributed by atoms with Crippen LogP contribution in [0.3, 0.4) is 0 Å². The van der Waals surface area contributed by atoms with Crippen LogP contribution in [0.2, 0.25) is 0 Å². The van der Waals surface area contributed by atoms with E-state index >= 15 is 0 Å². The van der Waals surface area contributed by atoms with E-state index in [0.717, 1.165) is 0 Å². The predicted octanol–water partition coefficient (Wildman–Crippen LogP) is 2.73. The first-order valence-electron chi connectivity index (χ1n) is 5.67. The smallest absolute Gasteiger partial charge is 0.0623 e. The van der Waals surface area contributed by atoms with Crippen LogP contribution in [0.25, 0.3) is 0 Å². The van der Waals surface area contributed by atoms with Gasteiger partial charge in [0.25, 0.3) is 0 Å². The summed E-state index contributed by atoms with van der Waals surface area (Å²) in [6.07, 6.45) is 0.608. The fraction of sp³-hybridized carbons (Fsp3) is 1.00. The van der Waals surface area contributed by atoms with E-state index in [9.17, 15) is 0 Å². The summed E-state index contributed by atoms with van der Waals surface area (Å²) in [5, 5.41) is 0. The van der Waals surface area contributed by atoms with Gasteiger partial charge in [0.15, 0.2) is 0 Å². The van der Waals surface area contributed by atoms with Crippen LogP contribution in [-0.2, 0) is 0 Å². The molecule has 2 aliphatic heterocycles. The van der Waals surface area contributed by atoms with Crippen molar-refractivity contribution in [2.45, 2.75) is 13.1 Å². The summed E-state index contributed by atoms with van der Waals surface area (Å²) < 4.78 is 0. The lowest BCUT2D eigenvalue weighted by atomic mass is 10.5. The highest BCUT2D eigenvalue weighted by molar-refractivity contribution is 8.03. The van der Waals surface area contributed by atoms with Crippen LogP contribution in [0, 0.1) is 0 Å². The van der Waals surface area contributed by atoms with Crippen molar-refractivity contribution in [3.63, 3.8) is 0 Å². The Hall–Kier alpha value is 1.32. The average Bonchev–Trinajstić information content (AvgIpc) is 2.73. The summed E-state index contributed by atoms with van der Waals surface area (Å²) in [5.41, 5.74) is 0. The third-order valence-corrected chi connectivity index (χ3v) is 7.37. The van der Waals surface area contributed by atoms with Crippen molar-refractivity contribution in [1.82, 2.24) is 9.80 Å². The molecule has 0 aromatic heterocycles. The van der Waals surface area contributed by atoms with E-state index in [1.165, 1.54) is 46.5 Å². The van der Waals surface area contributed by atoms with Crippen LogP contribution in [0.5, 0.6) is 0 Å². The molecule has 16 heavy (non-hydrogen) atoms. The molecule has 2 fully saturated rings. The van der Waals surface area contributed by atoms with Crippen molar-refractivity contribution < 1.29 is 0 Å². The molecule has 2 saturated heterocycles. The molecule has 2 aliphatic rings. The summed E-state index contributed by atoms with van der Waals surface area (Å²) in [6.45, 7) is 2.37. The topological polar surface area (TPSA) is 6.48 Å². The van der Waals surface area contributed by atoms with Gasteiger partial charge in [-0.25, -0.2) is 0 Å². The van der Waals surface area contributed by atoms with E-state index in [4.69, 9.17) is 0 Å². The van der Waals surface area contributed by atoms with Gasteiger partial charge in [0.2, 0.25) is 0 Å². The molecule has 0 radical (unpaired) electrons. The minimum atomic E-state index is 0.608. The number of hydrogen-bond donors (Lipinski definition) is 0. The summed E-state index contributed by atoms with van der Waals surface area (Å²) >= 11 is 8.34. The van der Waals surface area contributed by atoms with Crippen molar-refractivity contribution in [3.8, 4) is 0 Å². The van der Waals surface area contributed by atoms with Crippen molar-refractivity contribution in [1.29, 1.82) is 0 Å². The Bertz CT molecular complexity index is 169. The number of hydrogen-bond acceptors (Lipinski definition) is 6. The van der Waals surface area contributed by atoms with Crippen LogP contribution in [-0.4, -0.2) is 62.5 Å². The van der Waals surface area contributed by atoms with Gasteiger partial charge in [-0.15, -0.1) is 47.0 Å². The molecule has 0 aliphatic carbocycles. The second-order valence-electron chi connectivity index (χ2n) is 3.96. The summed E-state index contributed by atoms with van der Waals surface area (Å²) in [6, 6.07) is 0. The van der Waals surface area contributed by atoms with E-state index in [-0.39, 0.29) is 0 Å². The lowest BCUT2D eigenvalue weighted by Crippen LogP contribution is -2.45. The quantitative estimate of drug-likeness (QED) is 0.767. The van der Waals surface area contributed by atoms with Gasteiger partial charge in [0.05, 0.1) is 6.17 Å². The Labute approximate surface area is 116 Å². The van der Waals surface area contributed by atoms with Gasteiger partial charge in [-0.1, -0.05) is 0 Å². The molecule has 0 aromatic carbocycles. The Morgan fingerprint density at radius 2 is 1.00 bits per heavy atom. The molecule has 0 saturated carbocycles. The third kappa shape index (κ3) is 4.21. The van der Waals surface area contributed by atoms with Crippen molar-refractivity contribution in [2.75, 3.05) is 46.5 Å². The minimum Gasteiger partial charge on any atom is -0.270 e. The maximum absolute atomic E-state index is 2.62. The van der Waals surface area contributed by atoms with Gasteiger partial charge in [0, 0.05) is 46.5 Å². The summed E-state index contributed by atoms with van der Waals surface area (Å²) in [7, 11) is 0. The van der Waals surface area contributed by atoms with Gasteiger partial charge < -0.3 is 0 Å². The molecule has 0 bridgehead atoms. The zero-order valence-corrected chi connectivity index (χ0v) is 13.0. The molecule has 0 spiro atoms. The molecular formula is C10H20N2S4. The molecule has 0 atom stereocenters. The van der Waals surface area contributed by atoms with Crippen molar-refractivity contribution >= 4 is 47.0 Å². The maximum Gasteiger partial charge on any atom is 0.0623 e. The number of thioether (sulfide) groups is 4. The lowest BCUT2D eigenvalue weighted by Gasteiger charge is -2.35. The van der Waals surface area contributed by atoms with Crippen LogP contribution < -0.4 is 0 Å². The van der Waals surface area contributed by atoms with E-state index < -0.39 is 0 Å². The van der Waals surface area contributed by atoms with E-state index in [2.05, 4.69) is 63.8 Å². The lowest BCUT2D eigenvalue weighted by molar-refractivity contribution is 0.124. The predicted molar refractivity (Wildman–Crippen MR) is 82.4 cm³/mol. The Morgan fingerprint density at radius 1 is 0.688 bits per heavy atom. The first kappa shape index (κ1) is 13.7. The second-order valence-corrected chi connectivity index (χ2v) is 8.26. The normalized spacial score (nSPS) is 26.6. The Morgan fingerprint density at radius 3 is 1.31 bits per heavy atom. The summed E-state index contributed by atoms with van der Waals surface area (Å²) in [5.74, 6) is 10.1. The van der Waals surface area contributed by atoms with E-state index in [1.807, 2.05) is 0 Å². The van der Waals surface area contributed by atoms with Crippen LogP contribution in [0.1, 0.15) is 6.92 Å². The molecule has 2 nitrogen and oxygen atoms in total. The molecule has 0 aromatic rings. The maximum atomic E-state index is 2.62. The van der Waals surface area contributed by atoms with Gasteiger partial charge in [-0.2, -0.15) is 0 Å². The fourth-order valence-corrected chi connectivity index (χ4v) is 6.50. The standard InChI is InChI=1S/C10H20N2S4/c1-10(11-6-13-2-3-14-7-11)12-8-15-4-5-16-9-12/h10H,2-9H2,1H3. The second kappa shape index (κ2) is 7.69. The first-order valence-corrected chi connectivity index (χ1v) is 10.3. The SMILES string of the molecule is CC(N1CSCCSC1)N1CSCCSC1. The molecule has 0 amide bonds. The largest absolute Gasteiger partial charge is 0.270 e. The first-order chi connectivity index (χ1) is 7.88. The number of rotatable bonds is 2. The van der Waals surface area contributed by atoms with Crippen molar-refractivity contribution in [3.05, 3.63) is 0 Å². The average molecular weight is 297 g/mol. The summed E-state index contributed by atoms with van der Waals surface area (Å²) in [4.78, 5) is 5.24. The highest BCUT2D eigenvalue weighted by Crippen LogP contribution is 2.24. The highest BCUT2D eigenvalue weighted by atomic mass is 32.2. The molecular weight excluding hydrogens is 276 g/mol. The van der Waals surface area contributed by atoms with Gasteiger partial charge in [0.1, 0.15) is 0 Å². The molecule has 0 N–H and O–H groups in total. The molecule has 94 valence electrons. The third-order valence-electron chi connectivity index (χ3n) is 2.83. The van der Waals surface area contributed by atoms with Crippen molar-refractivity contribution in [2.24, 2.45) is 0 Å². The van der Waals surface area contributed by atoms with Gasteiger partial charge >= 0.3 is 0 Å². The van der Waals surface area contributed by atoms with E-state index in [0.29, 0.717) is 6.17 Å². The molecule has 2 heterocycles. The molecule has 2 rings (SSSR count). The molecule has 6 heteroatoms. The number of nitrogens with zero attached hydrogens (tertiary/aromatic N) is 2. The molecule has 0 unspecified atom stereocenters. The zero-order valence-electron chi connectivity index (χ0n) is 9.76. The van der Waals surface area contributed by atoms with Crippen LogP contribution >= 0.6 is 47.0 Å². The van der Waals surface area contributed by atoms with Gasteiger partial charge in [-0.3, -0.25) is 9.80 Å². The zero-order chi connectivity index (χ0) is 11.2.